The van der Waals surface area contributed by atoms with Gasteiger partial charge in [-0.3, -0.25) is 9.59 Å². The summed E-state index contributed by atoms with van der Waals surface area (Å²) in [5, 5.41) is 19.4. The summed E-state index contributed by atoms with van der Waals surface area (Å²) in [6, 6.07) is 15.3. The van der Waals surface area contributed by atoms with Gasteiger partial charge in [-0.05, 0) is 59.3 Å². The summed E-state index contributed by atoms with van der Waals surface area (Å²) in [5.74, 6) is -0.683. The number of amides is 1. The van der Waals surface area contributed by atoms with Crippen molar-refractivity contribution in [2.45, 2.75) is 13.0 Å². The second kappa shape index (κ2) is 9.49. The normalized spacial score (nSPS) is 11.9. The number of carbonyl (C=O) groups excluding carboxylic acids is 1. The van der Waals surface area contributed by atoms with Gasteiger partial charge in [-0.15, -0.1) is 5.10 Å². The van der Waals surface area contributed by atoms with Crippen molar-refractivity contribution in [2.24, 2.45) is 0 Å². The molecule has 37 heavy (non-hydrogen) atoms. The minimum Gasteiger partial charge on any atom is -0.386 e. The Bertz CT molecular complexity index is 1730. The van der Waals surface area contributed by atoms with Gasteiger partial charge in [0, 0.05) is 12.6 Å². The monoisotopic (exact) mass is 500 g/mol. The number of nitrogens with zero attached hydrogens (tertiary/aromatic N) is 4. The van der Waals surface area contributed by atoms with Crippen LogP contribution in [0, 0.1) is 12.7 Å². The van der Waals surface area contributed by atoms with Gasteiger partial charge in [0.25, 0.3) is 11.5 Å². The average molecular weight is 500 g/mol. The van der Waals surface area contributed by atoms with E-state index in [0.717, 1.165) is 21.8 Å². The lowest BCUT2D eigenvalue weighted by molar-refractivity contribution is 0.0941. The van der Waals surface area contributed by atoms with Crippen molar-refractivity contribution >= 4 is 22.5 Å². The molecular formula is C25H21FN8O3. The minimum absolute atomic E-state index is 0.0135. The van der Waals surface area contributed by atoms with E-state index in [0.29, 0.717) is 5.82 Å². The van der Waals surface area contributed by atoms with Gasteiger partial charge in [0.1, 0.15) is 11.9 Å². The standard InChI is InChI=1S/C25H21FN8O3/c1-13-4-3-5-15(10-13)21(22-30-32-33-31-22)29-23(35)14-6-8-16(9-7-14)34-24(36)17-11-18(26)20(27-2)12-19(17)28-25(34)37/h3-12,21,27H,1-2H3,(H,28,37)(H,29,35)(H,30,31,32,33). The molecule has 4 N–H and O–H groups in total. The average Bonchev–Trinajstić information content (AvgIpc) is 3.42. The van der Waals surface area contributed by atoms with E-state index in [1.165, 1.54) is 37.4 Å². The lowest BCUT2D eigenvalue weighted by Crippen LogP contribution is -2.34. The van der Waals surface area contributed by atoms with Gasteiger partial charge in [0.2, 0.25) is 0 Å². The summed E-state index contributed by atoms with van der Waals surface area (Å²) in [6.07, 6.45) is 0. The quantitative estimate of drug-likeness (QED) is 0.279. The molecule has 12 heteroatoms. The van der Waals surface area contributed by atoms with Crippen LogP contribution in [0.5, 0.6) is 0 Å². The zero-order valence-corrected chi connectivity index (χ0v) is 19.7. The van der Waals surface area contributed by atoms with E-state index in [2.05, 4.69) is 36.2 Å². The van der Waals surface area contributed by atoms with E-state index in [1.807, 2.05) is 31.2 Å². The zero-order valence-electron chi connectivity index (χ0n) is 19.7. The molecule has 0 saturated heterocycles. The number of hydrogen-bond donors (Lipinski definition) is 4. The predicted molar refractivity (Wildman–Crippen MR) is 134 cm³/mol. The van der Waals surface area contributed by atoms with Crippen molar-refractivity contribution in [1.82, 2.24) is 35.5 Å². The Morgan fingerprint density at radius 2 is 1.86 bits per heavy atom. The van der Waals surface area contributed by atoms with Crippen molar-refractivity contribution in [3.8, 4) is 5.69 Å². The molecule has 0 aliphatic rings. The molecule has 5 rings (SSSR count). The van der Waals surface area contributed by atoms with Crippen LogP contribution in [0.4, 0.5) is 10.1 Å². The van der Waals surface area contributed by atoms with Gasteiger partial charge in [0.15, 0.2) is 5.82 Å². The van der Waals surface area contributed by atoms with Crippen LogP contribution in [0.2, 0.25) is 0 Å². The third-order valence-corrected chi connectivity index (χ3v) is 5.93. The Morgan fingerprint density at radius 1 is 1.08 bits per heavy atom. The molecule has 3 aromatic carbocycles. The van der Waals surface area contributed by atoms with Gasteiger partial charge >= 0.3 is 5.69 Å². The molecule has 11 nitrogen and oxygen atoms in total. The number of rotatable bonds is 6. The fourth-order valence-electron chi connectivity index (χ4n) is 4.09. The summed E-state index contributed by atoms with van der Waals surface area (Å²) in [7, 11) is 1.53. The first-order valence-electron chi connectivity index (χ1n) is 11.2. The first kappa shape index (κ1) is 23.6. The number of anilines is 1. The van der Waals surface area contributed by atoms with Crippen molar-refractivity contribution < 1.29 is 9.18 Å². The highest BCUT2D eigenvalue weighted by molar-refractivity contribution is 5.94. The van der Waals surface area contributed by atoms with Crippen LogP contribution in [0.1, 0.15) is 33.4 Å². The number of aryl methyl sites for hydroxylation is 1. The number of nitrogens with one attached hydrogen (secondary N) is 4. The molecule has 1 atom stereocenters. The summed E-state index contributed by atoms with van der Waals surface area (Å²) >= 11 is 0. The maximum Gasteiger partial charge on any atom is 0.333 e. The number of tetrazole rings is 1. The number of fused-ring (bicyclic) bond motifs is 1. The smallest absolute Gasteiger partial charge is 0.333 e. The van der Waals surface area contributed by atoms with E-state index in [4.69, 9.17) is 0 Å². The van der Waals surface area contributed by atoms with Gasteiger partial charge in [-0.25, -0.2) is 18.9 Å². The third kappa shape index (κ3) is 4.47. The highest BCUT2D eigenvalue weighted by atomic mass is 19.1. The van der Waals surface area contributed by atoms with Crippen molar-refractivity contribution in [3.63, 3.8) is 0 Å². The van der Waals surface area contributed by atoms with Crippen molar-refractivity contribution in [3.05, 3.63) is 110 Å². The number of hydrogen-bond acceptors (Lipinski definition) is 7. The van der Waals surface area contributed by atoms with Crippen LogP contribution in [-0.4, -0.2) is 43.1 Å². The lowest BCUT2D eigenvalue weighted by Gasteiger charge is -2.17. The molecule has 0 saturated carbocycles. The lowest BCUT2D eigenvalue weighted by atomic mass is 10.0. The molecule has 186 valence electrons. The first-order valence-corrected chi connectivity index (χ1v) is 11.2. The summed E-state index contributed by atoms with van der Waals surface area (Å²) in [5.41, 5.74) is 1.27. The fourth-order valence-corrected chi connectivity index (χ4v) is 4.09. The van der Waals surface area contributed by atoms with Crippen LogP contribution >= 0.6 is 0 Å². The largest absolute Gasteiger partial charge is 0.386 e. The molecule has 0 spiro atoms. The number of H-pyrrole nitrogens is 2. The van der Waals surface area contributed by atoms with Gasteiger partial charge in [-0.1, -0.05) is 29.8 Å². The Balaban J connectivity index is 1.46. The molecule has 1 unspecified atom stereocenters. The zero-order chi connectivity index (χ0) is 26.1. The maximum absolute atomic E-state index is 14.3. The first-order chi connectivity index (χ1) is 17.9. The minimum atomic E-state index is -0.694. The summed E-state index contributed by atoms with van der Waals surface area (Å²) < 4.78 is 15.2. The molecule has 0 aliphatic heterocycles. The highest BCUT2D eigenvalue weighted by Gasteiger charge is 2.21. The van der Waals surface area contributed by atoms with Gasteiger partial charge in [0.05, 0.1) is 22.3 Å². The Morgan fingerprint density at radius 3 is 2.54 bits per heavy atom. The molecule has 0 radical (unpaired) electrons. The SMILES string of the molecule is CNc1cc2[nH]c(=O)n(-c3ccc(C(=O)NC(c4cccc(C)c4)c4nnn[nH]4)cc3)c(=O)c2cc1F. The second-order valence-corrected chi connectivity index (χ2v) is 8.35. The molecular weight excluding hydrogens is 479 g/mol. The number of carbonyl (C=O) groups is 1. The van der Waals surface area contributed by atoms with E-state index in [-0.39, 0.29) is 27.8 Å². The molecule has 0 aliphatic carbocycles. The number of aromatic amines is 2. The Kier molecular flexibility index (Phi) is 6.05. The molecule has 2 heterocycles. The van der Waals surface area contributed by atoms with Gasteiger partial charge < -0.3 is 15.6 Å². The van der Waals surface area contributed by atoms with E-state index < -0.39 is 29.0 Å². The van der Waals surface area contributed by atoms with Crippen LogP contribution in [0.3, 0.4) is 0 Å². The number of aromatic nitrogens is 6. The number of halogens is 1. The Labute approximate surface area is 208 Å². The number of benzene rings is 3. The van der Waals surface area contributed by atoms with Crippen LogP contribution in [-0.2, 0) is 0 Å². The second-order valence-electron chi connectivity index (χ2n) is 8.35. The van der Waals surface area contributed by atoms with Crippen molar-refractivity contribution in [1.29, 1.82) is 0 Å². The highest BCUT2D eigenvalue weighted by Crippen LogP contribution is 2.21. The molecule has 2 aromatic heterocycles. The Hall–Kier alpha value is -5.13. The van der Waals surface area contributed by atoms with E-state index in [1.54, 1.807) is 0 Å². The molecule has 0 bridgehead atoms. The van der Waals surface area contributed by atoms with Gasteiger partial charge in [-0.2, -0.15) is 0 Å². The van der Waals surface area contributed by atoms with Crippen molar-refractivity contribution in [2.75, 3.05) is 12.4 Å². The molecule has 5 aromatic rings. The van der Waals surface area contributed by atoms with E-state index in [9.17, 15) is 18.8 Å². The topological polar surface area (TPSA) is 150 Å². The predicted octanol–water partition coefficient (Wildman–Crippen LogP) is 2.20. The summed E-state index contributed by atoms with van der Waals surface area (Å²) in [6.45, 7) is 1.93. The van der Waals surface area contributed by atoms with Crippen LogP contribution in [0.15, 0.2) is 70.3 Å². The maximum atomic E-state index is 14.3. The molecule has 0 fully saturated rings. The van der Waals surface area contributed by atoms with Crippen LogP contribution < -0.4 is 21.9 Å². The third-order valence-electron chi connectivity index (χ3n) is 5.93. The van der Waals surface area contributed by atoms with E-state index >= 15 is 0 Å². The molecule has 1 amide bonds. The van der Waals surface area contributed by atoms with Crippen LogP contribution in [0.25, 0.3) is 16.6 Å². The fraction of sp³-hybridized carbons (Fsp3) is 0.120. The summed E-state index contributed by atoms with van der Waals surface area (Å²) in [4.78, 5) is 41.4.